The van der Waals surface area contributed by atoms with E-state index in [0.29, 0.717) is 11.1 Å². The zero-order valence-electron chi connectivity index (χ0n) is 11.3. The third-order valence-corrected chi connectivity index (χ3v) is 4.26. The Morgan fingerprint density at radius 1 is 1.38 bits per heavy atom. The van der Waals surface area contributed by atoms with Crippen LogP contribution >= 0.6 is 11.3 Å². The van der Waals surface area contributed by atoms with E-state index in [4.69, 9.17) is 5.73 Å². The van der Waals surface area contributed by atoms with Crippen molar-refractivity contribution in [3.05, 3.63) is 51.5 Å². The van der Waals surface area contributed by atoms with E-state index >= 15 is 0 Å². The van der Waals surface area contributed by atoms with Crippen molar-refractivity contribution >= 4 is 17.3 Å². The van der Waals surface area contributed by atoms with Crippen molar-refractivity contribution in [1.82, 2.24) is 4.98 Å². The Kier molecular flexibility index (Phi) is 4.34. The van der Waals surface area contributed by atoms with E-state index in [9.17, 15) is 18.7 Å². The summed E-state index contributed by atoms with van der Waals surface area (Å²) in [5.74, 6) is -2.90. The number of carboxylic acids is 1. The largest absolute Gasteiger partial charge is 0.481 e. The lowest BCUT2D eigenvalue weighted by molar-refractivity contribution is -0.143. The number of nitrogens with two attached hydrogens (primary N) is 1. The van der Waals surface area contributed by atoms with Crippen LogP contribution in [0, 0.1) is 18.6 Å². The number of aromatic nitrogens is 1. The van der Waals surface area contributed by atoms with E-state index < -0.39 is 23.0 Å². The quantitative estimate of drug-likeness (QED) is 0.888. The monoisotopic (exact) mass is 312 g/mol. The van der Waals surface area contributed by atoms with Crippen molar-refractivity contribution < 1.29 is 18.7 Å². The summed E-state index contributed by atoms with van der Waals surface area (Å²) in [6.45, 7) is 1.50. The maximum absolute atomic E-state index is 13.4. The number of hydrogen-bond acceptors (Lipinski definition) is 4. The molecule has 0 spiro atoms. The van der Waals surface area contributed by atoms with Crippen LogP contribution in [0.25, 0.3) is 0 Å². The minimum absolute atomic E-state index is 0.00264. The number of hydrogen-bond donors (Lipinski definition) is 2. The van der Waals surface area contributed by atoms with Crippen LogP contribution in [-0.4, -0.2) is 22.6 Å². The van der Waals surface area contributed by atoms with E-state index in [1.807, 2.05) is 0 Å². The van der Waals surface area contributed by atoms with E-state index in [1.54, 1.807) is 12.3 Å². The third kappa shape index (κ3) is 3.08. The van der Waals surface area contributed by atoms with Crippen molar-refractivity contribution in [3.63, 3.8) is 0 Å². The fourth-order valence-corrected chi connectivity index (χ4v) is 3.04. The van der Waals surface area contributed by atoms with Crippen molar-refractivity contribution in [2.75, 3.05) is 6.54 Å². The van der Waals surface area contributed by atoms with Gasteiger partial charge < -0.3 is 10.8 Å². The van der Waals surface area contributed by atoms with Crippen LogP contribution < -0.4 is 5.73 Å². The number of rotatable bonds is 5. The van der Waals surface area contributed by atoms with Crippen LogP contribution in [0.2, 0.25) is 0 Å². The Morgan fingerprint density at radius 2 is 2.00 bits per heavy atom. The lowest BCUT2D eigenvalue weighted by atomic mass is 9.77. The second-order valence-corrected chi connectivity index (χ2v) is 5.75. The molecule has 0 saturated carbocycles. The molecule has 1 aromatic carbocycles. The molecule has 2 rings (SSSR count). The minimum atomic E-state index is -1.60. The fraction of sp³-hybridized carbons (Fsp3) is 0.286. The molecule has 1 heterocycles. The van der Waals surface area contributed by atoms with Gasteiger partial charge in [0.05, 0.1) is 5.01 Å². The van der Waals surface area contributed by atoms with Gasteiger partial charge >= 0.3 is 5.97 Å². The van der Waals surface area contributed by atoms with Gasteiger partial charge in [-0.15, -0.1) is 11.3 Å². The summed E-state index contributed by atoms with van der Waals surface area (Å²) in [6, 6.07) is 2.70. The van der Waals surface area contributed by atoms with Crippen LogP contribution in [0.1, 0.15) is 16.3 Å². The summed E-state index contributed by atoms with van der Waals surface area (Å²) < 4.78 is 26.8. The summed E-state index contributed by atoms with van der Waals surface area (Å²) in [5, 5.41) is 11.9. The Hall–Kier alpha value is -1.86. The lowest BCUT2D eigenvalue weighted by Gasteiger charge is -2.27. The molecule has 0 fully saturated rings. The number of carbonyl (C=O) groups is 1. The number of aryl methyl sites for hydroxylation is 1. The molecule has 112 valence electrons. The maximum atomic E-state index is 13.4. The molecule has 2 aromatic rings. The van der Waals surface area contributed by atoms with Crippen LogP contribution in [0.15, 0.2) is 23.6 Å². The number of carboxylic acid groups (broad SMARTS) is 1. The predicted octanol–water partition coefficient (Wildman–Crippen LogP) is 2.25. The van der Waals surface area contributed by atoms with Crippen molar-refractivity contribution in [1.29, 1.82) is 0 Å². The number of benzene rings is 1. The molecule has 1 unspecified atom stereocenters. The molecule has 1 atom stereocenters. The topological polar surface area (TPSA) is 76.2 Å². The highest BCUT2D eigenvalue weighted by Gasteiger charge is 2.41. The summed E-state index contributed by atoms with van der Waals surface area (Å²) in [4.78, 5) is 15.9. The summed E-state index contributed by atoms with van der Waals surface area (Å²) in [7, 11) is 0. The standard InChI is InChI=1S/C14H14F2N2O2S/c1-8-6-21-12(18-8)5-14(7-17,13(19)20)9-2-10(15)4-11(16)3-9/h2-4,6H,5,7,17H2,1H3,(H,19,20). The molecule has 21 heavy (non-hydrogen) atoms. The highest BCUT2D eigenvalue weighted by molar-refractivity contribution is 7.09. The molecule has 0 aliphatic carbocycles. The SMILES string of the molecule is Cc1csc(CC(CN)(C(=O)O)c2cc(F)cc(F)c2)n1. The molecule has 0 aliphatic rings. The first-order valence-electron chi connectivity index (χ1n) is 6.18. The molecule has 0 bridgehead atoms. The first-order valence-corrected chi connectivity index (χ1v) is 7.06. The molecule has 1 aromatic heterocycles. The first-order chi connectivity index (χ1) is 9.87. The molecular formula is C14H14F2N2O2S. The fourth-order valence-electron chi connectivity index (χ4n) is 2.15. The normalized spacial score (nSPS) is 13.9. The van der Waals surface area contributed by atoms with Gasteiger partial charge in [0.25, 0.3) is 0 Å². The molecule has 4 nitrogen and oxygen atoms in total. The Bertz CT molecular complexity index is 654. The van der Waals surface area contributed by atoms with Gasteiger partial charge in [-0.3, -0.25) is 4.79 Å². The molecule has 0 aliphatic heterocycles. The second-order valence-electron chi connectivity index (χ2n) is 4.81. The van der Waals surface area contributed by atoms with Gasteiger partial charge in [-0.25, -0.2) is 13.8 Å². The lowest BCUT2D eigenvalue weighted by Crippen LogP contribution is -2.45. The summed E-state index contributed by atoms with van der Waals surface area (Å²) >= 11 is 1.29. The summed E-state index contributed by atoms with van der Waals surface area (Å²) in [6.07, 6.45) is -0.0137. The van der Waals surface area contributed by atoms with Crippen LogP contribution in [0.4, 0.5) is 8.78 Å². The average molecular weight is 312 g/mol. The Morgan fingerprint density at radius 3 is 2.43 bits per heavy atom. The van der Waals surface area contributed by atoms with Gasteiger partial charge in [0.1, 0.15) is 17.0 Å². The maximum Gasteiger partial charge on any atom is 0.315 e. The third-order valence-electron chi connectivity index (χ3n) is 3.29. The second kappa shape index (κ2) is 5.87. The number of nitrogens with zero attached hydrogens (tertiary/aromatic N) is 1. The zero-order valence-corrected chi connectivity index (χ0v) is 12.1. The Balaban J connectivity index is 2.52. The number of thiazole rings is 1. The number of halogens is 2. The van der Waals surface area contributed by atoms with Gasteiger partial charge in [-0.2, -0.15) is 0 Å². The van der Waals surface area contributed by atoms with Crippen molar-refractivity contribution in [3.8, 4) is 0 Å². The van der Waals surface area contributed by atoms with E-state index in [-0.39, 0.29) is 18.5 Å². The van der Waals surface area contributed by atoms with Crippen LogP contribution in [-0.2, 0) is 16.6 Å². The van der Waals surface area contributed by atoms with Crippen molar-refractivity contribution in [2.24, 2.45) is 5.73 Å². The smallest absolute Gasteiger partial charge is 0.315 e. The van der Waals surface area contributed by atoms with E-state index in [0.717, 1.165) is 17.8 Å². The first kappa shape index (κ1) is 15.5. The zero-order chi connectivity index (χ0) is 15.6. The van der Waals surface area contributed by atoms with Gasteiger partial charge in [-0.05, 0) is 24.6 Å². The van der Waals surface area contributed by atoms with Gasteiger partial charge in [0, 0.05) is 30.1 Å². The molecule has 0 radical (unpaired) electrons. The molecule has 0 amide bonds. The van der Waals surface area contributed by atoms with Crippen molar-refractivity contribution in [2.45, 2.75) is 18.8 Å². The highest BCUT2D eigenvalue weighted by Crippen LogP contribution is 2.30. The Labute approximate surface area is 124 Å². The van der Waals surface area contributed by atoms with Crippen LogP contribution in [0.5, 0.6) is 0 Å². The van der Waals surface area contributed by atoms with Gasteiger partial charge in [0.15, 0.2) is 0 Å². The highest BCUT2D eigenvalue weighted by atomic mass is 32.1. The van der Waals surface area contributed by atoms with E-state index in [2.05, 4.69) is 4.98 Å². The molecule has 3 N–H and O–H groups in total. The predicted molar refractivity (Wildman–Crippen MR) is 75.3 cm³/mol. The molecular weight excluding hydrogens is 298 g/mol. The average Bonchev–Trinajstić information content (AvgIpc) is 2.79. The molecule has 0 saturated heterocycles. The summed E-state index contributed by atoms with van der Waals surface area (Å²) in [5.41, 5.74) is 4.81. The van der Waals surface area contributed by atoms with Gasteiger partial charge in [-0.1, -0.05) is 0 Å². The van der Waals surface area contributed by atoms with E-state index in [1.165, 1.54) is 11.3 Å². The number of aliphatic carboxylic acids is 1. The molecule has 7 heteroatoms. The minimum Gasteiger partial charge on any atom is -0.481 e. The van der Waals surface area contributed by atoms with Crippen LogP contribution in [0.3, 0.4) is 0 Å². The van der Waals surface area contributed by atoms with Gasteiger partial charge in [0.2, 0.25) is 0 Å².